The van der Waals surface area contributed by atoms with Gasteiger partial charge in [-0.2, -0.15) is 10.5 Å². The van der Waals surface area contributed by atoms with Crippen molar-refractivity contribution < 1.29 is 0 Å². The highest BCUT2D eigenvalue weighted by Gasteiger charge is 2.23. The highest BCUT2D eigenvalue weighted by Crippen LogP contribution is 2.42. The standard InChI is InChI=1S/C47H29N3/c48-29-33-26-27-37(43(30-49)47(33)50-44-24-12-10-20-38(44)39-21-11-13-25-45(39)50)34-17-5-4-16-32(34)28-42-35-18-6-8-22-40(35)46(31-14-2-1-3-15-31)41-23-9-7-19-36(41)42/h1-27H,28H2. The zero-order valence-corrected chi connectivity index (χ0v) is 27.1. The van der Waals surface area contributed by atoms with Crippen LogP contribution in [0, 0.1) is 22.7 Å². The third-order valence-electron chi connectivity index (χ3n) is 9.99. The maximum Gasteiger partial charge on any atom is 0.102 e. The van der Waals surface area contributed by atoms with Crippen LogP contribution in [-0.4, -0.2) is 4.57 Å². The number of hydrogen-bond acceptors (Lipinski definition) is 2. The molecule has 1 aromatic heterocycles. The molecule has 0 saturated carbocycles. The predicted octanol–water partition coefficient (Wildman–Crippen LogP) is 11.8. The lowest BCUT2D eigenvalue weighted by Gasteiger charge is -2.20. The minimum Gasteiger partial charge on any atom is -0.307 e. The van der Waals surface area contributed by atoms with E-state index >= 15 is 0 Å². The van der Waals surface area contributed by atoms with Crippen LogP contribution in [-0.2, 0) is 6.42 Å². The Balaban J connectivity index is 1.29. The Labute approximate surface area is 290 Å². The van der Waals surface area contributed by atoms with Crippen LogP contribution in [0.2, 0.25) is 0 Å². The van der Waals surface area contributed by atoms with Crippen LogP contribution in [0.1, 0.15) is 22.3 Å². The summed E-state index contributed by atoms with van der Waals surface area (Å²) in [5, 5.41) is 28.4. The van der Waals surface area contributed by atoms with E-state index in [0.29, 0.717) is 23.2 Å². The zero-order chi connectivity index (χ0) is 33.6. The lowest BCUT2D eigenvalue weighted by Crippen LogP contribution is -2.04. The molecule has 0 fully saturated rings. The minimum atomic E-state index is 0.461. The van der Waals surface area contributed by atoms with Crippen LogP contribution in [0.4, 0.5) is 0 Å². The lowest BCUT2D eigenvalue weighted by atomic mass is 9.84. The van der Waals surface area contributed by atoms with E-state index in [0.717, 1.165) is 38.5 Å². The molecular weight excluding hydrogens is 607 g/mol. The van der Waals surface area contributed by atoms with Crippen LogP contribution < -0.4 is 0 Å². The van der Waals surface area contributed by atoms with Crippen molar-refractivity contribution in [2.24, 2.45) is 0 Å². The van der Waals surface area contributed by atoms with E-state index in [1.54, 1.807) is 0 Å². The van der Waals surface area contributed by atoms with Crippen molar-refractivity contribution in [3.05, 3.63) is 186 Å². The Morgan fingerprint density at radius 1 is 0.440 bits per heavy atom. The van der Waals surface area contributed by atoms with Gasteiger partial charge in [0.1, 0.15) is 12.1 Å². The molecule has 8 aromatic carbocycles. The van der Waals surface area contributed by atoms with Crippen LogP contribution >= 0.6 is 0 Å². The normalized spacial score (nSPS) is 11.2. The van der Waals surface area contributed by atoms with E-state index in [1.807, 2.05) is 42.5 Å². The summed E-state index contributed by atoms with van der Waals surface area (Å²) in [6.07, 6.45) is 0.669. The summed E-state index contributed by atoms with van der Waals surface area (Å²) in [5.74, 6) is 0. The topological polar surface area (TPSA) is 52.5 Å². The Bertz CT molecular complexity index is 2750. The summed E-state index contributed by atoms with van der Waals surface area (Å²) in [4.78, 5) is 0. The Morgan fingerprint density at radius 2 is 0.960 bits per heavy atom. The van der Waals surface area contributed by atoms with Gasteiger partial charge in [-0.3, -0.25) is 0 Å². The van der Waals surface area contributed by atoms with E-state index in [2.05, 4.69) is 138 Å². The average Bonchev–Trinajstić information content (AvgIpc) is 3.52. The first-order valence-electron chi connectivity index (χ1n) is 16.8. The molecule has 0 bridgehead atoms. The maximum absolute atomic E-state index is 11.0. The van der Waals surface area contributed by atoms with Gasteiger partial charge in [0.25, 0.3) is 0 Å². The Morgan fingerprint density at radius 3 is 1.56 bits per heavy atom. The molecule has 0 saturated heterocycles. The molecule has 0 N–H and O–H groups in total. The Kier molecular flexibility index (Phi) is 6.98. The molecule has 0 spiro atoms. The molecule has 0 amide bonds. The third-order valence-corrected chi connectivity index (χ3v) is 9.99. The summed E-state index contributed by atoms with van der Waals surface area (Å²) in [6, 6.07) is 61.6. The van der Waals surface area contributed by atoms with Crippen molar-refractivity contribution >= 4 is 43.4 Å². The molecule has 0 atom stereocenters. The van der Waals surface area contributed by atoms with Gasteiger partial charge in [0.05, 0.1) is 27.8 Å². The molecule has 1 heterocycles. The summed E-state index contributed by atoms with van der Waals surface area (Å²) >= 11 is 0. The van der Waals surface area contributed by atoms with Crippen molar-refractivity contribution in [3.63, 3.8) is 0 Å². The van der Waals surface area contributed by atoms with E-state index in [-0.39, 0.29) is 0 Å². The number of benzene rings is 8. The second-order valence-electron chi connectivity index (χ2n) is 12.6. The van der Waals surface area contributed by atoms with Gasteiger partial charge in [0.2, 0.25) is 0 Å². The highest BCUT2D eigenvalue weighted by molar-refractivity contribution is 6.15. The van der Waals surface area contributed by atoms with Gasteiger partial charge in [-0.25, -0.2) is 0 Å². The predicted molar refractivity (Wildman–Crippen MR) is 205 cm³/mol. The summed E-state index contributed by atoms with van der Waals surface area (Å²) in [7, 11) is 0. The van der Waals surface area contributed by atoms with Crippen LogP contribution in [0.5, 0.6) is 0 Å². The number of hydrogen-bond donors (Lipinski definition) is 0. The SMILES string of the molecule is N#Cc1ccc(-c2ccccc2Cc2c3ccccc3c(-c3ccccc3)c3ccccc23)c(C#N)c1-n1c2ccccc2c2ccccc21. The fraction of sp³-hybridized carbons (Fsp3) is 0.0213. The van der Waals surface area contributed by atoms with E-state index in [4.69, 9.17) is 0 Å². The van der Waals surface area contributed by atoms with Crippen LogP contribution in [0.3, 0.4) is 0 Å². The Hall–Kier alpha value is -6.94. The number of nitriles is 2. The van der Waals surface area contributed by atoms with Gasteiger partial charge in [-0.15, -0.1) is 0 Å². The van der Waals surface area contributed by atoms with Crippen molar-refractivity contribution in [3.8, 4) is 40.1 Å². The molecule has 0 unspecified atom stereocenters. The molecular formula is C47H29N3. The van der Waals surface area contributed by atoms with Gasteiger partial charge in [0.15, 0.2) is 0 Å². The first-order chi connectivity index (χ1) is 24.8. The quantitative estimate of drug-likeness (QED) is 0.177. The van der Waals surface area contributed by atoms with Gasteiger partial charge in [-0.05, 0) is 74.0 Å². The molecule has 3 nitrogen and oxygen atoms in total. The van der Waals surface area contributed by atoms with Gasteiger partial charge in [-0.1, -0.05) is 146 Å². The number of aromatic nitrogens is 1. The molecule has 3 heteroatoms. The largest absolute Gasteiger partial charge is 0.307 e. The average molecular weight is 636 g/mol. The van der Waals surface area contributed by atoms with Gasteiger partial charge in [0, 0.05) is 16.3 Å². The summed E-state index contributed by atoms with van der Waals surface area (Å²) in [5.41, 5.74) is 10.1. The minimum absolute atomic E-state index is 0.461. The third kappa shape index (κ3) is 4.50. The first-order valence-corrected chi connectivity index (χ1v) is 16.8. The molecule has 0 aliphatic rings. The van der Waals surface area contributed by atoms with E-state index < -0.39 is 0 Å². The van der Waals surface area contributed by atoms with Crippen LogP contribution in [0.25, 0.3) is 71.3 Å². The molecule has 0 aliphatic heterocycles. The fourth-order valence-corrected chi connectivity index (χ4v) is 7.87. The van der Waals surface area contributed by atoms with Gasteiger partial charge < -0.3 is 4.57 Å². The first kappa shape index (κ1) is 29.2. The van der Waals surface area contributed by atoms with Crippen LogP contribution in [0.15, 0.2) is 164 Å². The molecule has 232 valence electrons. The number of fused-ring (bicyclic) bond motifs is 5. The lowest BCUT2D eigenvalue weighted by molar-refractivity contribution is 1.15. The molecule has 9 rings (SSSR count). The molecule has 0 radical (unpaired) electrons. The van der Waals surface area contributed by atoms with E-state index in [9.17, 15) is 10.5 Å². The smallest absolute Gasteiger partial charge is 0.102 e. The second kappa shape index (κ2) is 11.9. The van der Waals surface area contributed by atoms with Crippen molar-refractivity contribution in [2.75, 3.05) is 0 Å². The van der Waals surface area contributed by atoms with Crippen molar-refractivity contribution in [1.29, 1.82) is 10.5 Å². The molecule has 9 aromatic rings. The van der Waals surface area contributed by atoms with Gasteiger partial charge >= 0.3 is 0 Å². The monoisotopic (exact) mass is 635 g/mol. The summed E-state index contributed by atoms with van der Waals surface area (Å²) < 4.78 is 2.09. The van der Waals surface area contributed by atoms with Crippen molar-refractivity contribution in [1.82, 2.24) is 4.57 Å². The molecule has 0 aliphatic carbocycles. The number of rotatable bonds is 5. The van der Waals surface area contributed by atoms with E-state index in [1.165, 1.54) is 38.2 Å². The maximum atomic E-state index is 11.0. The van der Waals surface area contributed by atoms with Crippen molar-refractivity contribution in [2.45, 2.75) is 6.42 Å². The zero-order valence-electron chi connectivity index (χ0n) is 27.1. The fourth-order valence-electron chi connectivity index (χ4n) is 7.87. The highest BCUT2D eigenvalue weighted by atomic mass is 15.0. The number of nitrogens with zero attached hydrogens (tertiary/aromatic N) is 3. The second-order valence-corrected chi connectivity index (χ2v) is 12.6. The summed E-state index contributed by atoms with van der Waals surface area (Å²) in [6.45, 7) is 0. The molecule has 50 heavy (non-hydrogen) atoms. The number of para-hydroxylation sites is 2.